The van der Waals surface area contributed by atoms with Crippen LogP contribution >= 0.6 is 0 Å². The maximum absolute atomic E-state index is 12.2. The lowest BCUT2D eigenvalue weighted by atomic mass is 10.1. The molecule has 1 aromatic rings. The maximum Gasteiger partial charge on any atom is 0.410 e. The Labute approximate surface area is 136 Å². The van der Waals surface area contributed by atoms with Gasteiger partial charge in [-0.05, 0) is 26.3 Å². The van der Waals surface area contributed by atoms with Gasteiger partial charge in [0.1, 0.15) is 18.2 Å². The molecule has 1 heterocycles. The van der Waals surface area contributed by atoms with Crippen LogP contribution in [0.2, 0.25) is 0 Å². The molecule has 0 saturated carbocycles. The first-order valence-electron chi connectivity index (χ1n) is 7.64. The molecule has 1 fully saturated rings. The number of amides is 1. The summed E-state index contributed by atoms with van der Waals surface area (Å²) in [6.45, 7) is 5.46. The van der Waals surface area contributed by atoms with Crippen molar-refractivity contribution in [2.75, 3.05) is 6.54 Å². The van der Waals surface area contributed by atoms with Crippen molar-refractivity contribution in [1.82, 2.24) is 4.90 Å². The zero-order valence-corrected chi connectivity index (χ0v) is 13.7. The molecule has 0 aliphatic carbocycles. The van der Waals surface area contributed by atoms with Crippen molar-refractivity contribution in [1.29, 1.82) is 0 Å². The van der Waals surface area contributed by atoms with E-state index in [9.17, 15) is 14.7 Å². The summed E-state index contributed by atoms with van der Waals surface area (Å²) in [6, 6.07) is 8.46. The fraction of sp³-hybridized carbons (Fsp3) is 0.529. The molecule has 0 spiro atoms. The number of benzene rings is 1. The molecule has 1 N–H and O–H groups in total. The van der Waals surface area contributed by atoms with E-state index in [0.717, 1.165) is 5.56 Å². The molecule has 0 bridgehead atoms. The van der Waals surface area contributed by atoms with Crippen LogP contribution in [0, 0.1) is 0 Å². The lowest BCUT2D eigenvalue weighted by molar-refractivity contribution is -0.159. The van der Waals surface area contributed by atoms with Crippen LogP contribution in [0.5, 0.6) is 0 Å². The van der Waals surface area contributed by atoms with Gasteiger partial charge in [0.25, 0.3) is 0 Å². The van der Waals surface area contributed by atoms with E-state index in [1.165, 1.54) is 4.90 Å². The first-order valence-corrected chi connectivity index (χ1v) is 7.64. The Morgan fingerprint density at radius 2 is 1.91 bits per heavy atom. The van der Waals surface area contributed by atoms with Crippen LogP contribution in [-0.2, 0) is 20.9 Å². The fourth-order valence-corrected chi connectivity index (χ4v) is 2.41. The van der Waals surface area contributed by atoms with Gasteiger partial charge in [0, 0.05) is 6.42 Å². The maximum atomic E-state index is 12.2. The monoisotopic (exact) mass is 321 g/mol. The van der Waals surface area contributed by atoms with Gasteiger partial charge in [-0.3, -0.25) is 4.90 Å². The Kier molecular flexibility index (Phi) is 5.26. The molecule has 2 atom stereocenters. The summed E-state index contributed by atoms with van der Waals surface area (Å²) in [4.78, 5) is 25.7. The second-order valence-corrected chi connectivity index (χ2v) is 6.63. The molecule has 2 rings (SSSR count). The highest BCUT2D eigenvalue weighted by molar-refractivity contribution is 5.82. The molecule has 0 radical (unpaired) electrons. The summed E-state index contributed by atoms with van der Waals surface area (Å²) in [5.74, 6) is -0.522. The average Bonchev–Trinajstić information content (AvgIpc) is 2.86. The second-order valence-electron chi connectivity index (χ2n) is 6.63. The van der Waals surface area contributed by atoms with Gasteiger partial charge in [0.05, 0.1) is 12.6 Å². The van der Waals surface area contributed by atoms with E-state index < -0.39 is 29.8 Å². The van der Waals surface area contributed by atoms with E-state index in [-0.39, 0.29) is 19.6 Å². The summed E-state index contributed by atoms with van der Waals surface area (Å²) >= 11 is 0. The highest BCUT2D eigenvalue weighted by Gasteiger charge is 2.41. The van der Waals surface area contributed by atoms with Crippen molar-refractivity contribution in [3.8, 4) is 0 Å². The Morgan fingerprint density at radius 3 is 2.52 bits per heavy atom. The van der Waals surface area contributed by atoms with Gasteiger partial charge in [0.2, 0.25) is 0 Å². The molecule has 6 nitrogen and oxygen atoms in total. The lowest BCUT2D eigenvalue weighted by Crippen LogP contribution is -2.43. The zero-order chi connectivity index (χ0) is 17.0. The van der Waals surface area contributed by atoms with Gasteiger partial charge >= 0.3 is 12.1 Å². The predicted molar refractivity (Wildman–Crippen MR) is 83.6 cm³/mol. The third kappa shape index (κ3) is 4.96. The van der Waals surface area contributed by atoms with Crippen LogP contribution in [0.3, 0.4) is 0 Å². The largest absolute Gasteiger partial charge is 0.458 e. The van der Waals surface area contributed by atoms with Crippen molar-refractivity contribution >= 4 is 12.1 Å². The fourth-order valence-electron chi connectivity index (χ4n) is 2.41. The van der Waals surface area contributed by atoms with Crippen LogP contribution in [-0.4, -0.2) is 46.4 Å². The van der Waals surface area contributed by atoms with E-state index in [2.05, 4.69) is 0 Å². The van der Waals surface area contributed by atoms with Gasteiger partial charge in [-0.25, -0.2) is 9.59 Å². The highest BCUT2D eigenvalue weighted by atomic mass is 16.6. The topological polar surface area (TPSA) is 76.1 Å². The molecule has 1 amide bonds. The smallest absolute Gasteiger partial charge is 0.410 e. The summed E-state index contributed by atoms with van der Waals surface area (Å²) in [5, 5.41) is 9.79. The van der Waals surface area contributed by atoms with Crippen LogP contribution in [0.4, 0.5) is 4.79 Å². The number of aliphatic hydroxyl groups is 1. The number of carbonyl (C=O) groups excluding carboxylic acids is 2. The third-order valence-electron chi connectivity index (χ3n) is 3.40. The predicted octanol–water partition coefficient (Wildman–Crippen LogP) is 2.10. The molecule has 6 heteroatoms. The molecule has 2 unspecified atom stereocenters. The first-order chi connectivity index (χ1) is 10.8. The van der Waals surface area contributed by atoms with Crippen molar-refractivity contribution in [3.63, 3.8) is 0 Å². The van der Waals surface area contributed by atoms with Gasteiger partial charge in [0.15, 0.2) is 0 Å². The van der Waals surface area contributed by atoms with Gasteiger partial charge in [-0.15, -0.1) is 0 Å². The number of nitrogens with zero attached hydrogens (tertiary/aromatic N) is 1. The average molecular weight is 321 g/mol. The van der Waals surface area contributed by atoms with E-state index in [1.807, 2.05) is 30.3 Å². The number of hydrogen-bond donors (Lipinski definition) is 1. The van der Waals surface area contributed by atoms with Crippen LogP contribution < -0.4 is 0 Å². The van der Waals surface area contributed by atoms with Crippen LogP contribution in [0.25, 0.3) is 0 Å². The zero-order valence-electron chi connectivity index (χ0n) is 13.7. The van der Waals surface area contributed by atoms with Gasteiger partial charge in [-0.2, -0.15) is 0 Å². The Hall–Kier alpha value is -2.08. The molecule has 23 heavy (non-hydrogen) atoms. The molecule has 1 aromatic carbocycles. The van der Waals surface area contributed by atoms with Gasteiger partial charge in [-0.1, -0.05) is 30.3 Å². The minimum atomic E-state index is -0.813. The summed E-state index contributed by atoms with van der Waals surface area (Å²) in [6.07, 6.45) is -1.21. The number of likely N-dealkylation sites (tertiary alicyclic amines) is 1. The standard InChI is InChI=1S/C17H23NO5/c1-17(2,3)23-15(20)14-9-13(19)10-18(14)16(21)22-11-12-7-5-4-6-8-12/h4-8,13-14,19H,9-11H2,1-3H3. The lowest BCUT2D eigenvalue weighted by Gasteiger charge is -2.26. The summed E-state index contributed by atoms with van der Waals surface area (Å²) < 4.78 is 10.6. The van der Waals surface area contributed by atoms with Crippen LogP contribution in [0.1, 0.15) is 32.8 Å². The molecule has 1 aliphatic heterocycles. The molecule has 126 valence electrons. The van der Waals surface area contributed by atoms with Crippen LogP contribution in [0.15, 0.2) is 30.3 Å². The van der Waals surface area contributed by atoms with Gasteiger partial charge < -0.3 is 14.6 Å². The quantitative estimate of drug-likeness (QED) is 0.863. The van der Waals surface area contributed by atoms with Crippen molar-refractivity contribution in [2.24, 2.45) is 0 Å². The molecular formula is C17H23NO5. The minimum absolute atomic E-state index is 0.0670. The molecule has 1 aliphatic rings. The molecule has 1 saturated heterocycles. The van der Waals surface area contributed by atoms with E-state index >= 15 is 0 Å². The Bertz CT molecular complexity index is 552. The number of esters is 1. The summed E-state index contributed by atoms with van der Waals surface area (Å²) in [5.41, 5.74) is 0.207. The first kappa shape index (κ1) is 17.3. The Balaban J connectivity index is 1.98. The number of aliphatic hydroxyl groups excluding tert-OH is 1. The SMILES string of the molecule is CC(C)(C)OC(=O)C1CC(O)CN1C(=O)OCc1ccccc1. The summed E-state index contributed by atoms with van der Waals surface area (Å²) in [7, 11) is 0. The number of ether oxygens (including phenoxy) is 2. The van der Waals surface area contributed by atoms with Crippen molar-refractivity contribution < 1.29 is 24.2 Å². The number of rotatable bonds is 3. The highest BCUT2D eigenvalue weighted by Crippen LogP contribution is 2.22. The van der Waals surface area contributed by atoms with E-state index in [4.69, 9.17) is 9.47 Å². The third-order valence-corrected chi connectivity index (χ3v) is 3.40. The minimum Gasteiger partial charge on any atom is -0.458 e. The number of carbonyl (C=O) groups is 2. The number of hydrogen-bond acceptors (Lipinski definition) is 5. The van der Waals surface area contributed by atoms with Crippen molar-refractivity contribution in [2.45, 2.75) is 51.5 Å². The van der Waals surface area contributed by atoms with E-state index in [1.54, 1.807) is 20.8 Å². The Morgan fingerprint density at radius 1 is 1.26 bits per heavy atom. The van der Waals surface area contributed by atoms with Crippen molar-refractivity contribution in [3.05, 3.63) is 35.9 Å². The second kappa shape index (κ2) is 7.00. The van der Waals surface area contributed by atoms with E-state index in [0.29, 0.717) is 0 Å². The molecule has 0 aromatic heterocycles. The normalized spacial score (nSPS) is 21.1. The number of β-amino-alcohol motifs (C(OH)–C–C–N with tert-alkyl or cyclic N) is 1. The molecular weight excluding hydrogens is 298 g/mol.